The maximum atomic E-state index is 14.7. The highest BCUT2D eigenvalue weighted by Crippen LogP contribution is 2.33. The predicted octanol–water partition coefficient (Wildman–Crippen LogP) is 4.59. The van der Waals surface area contributed by atoms with Crippen molar-refractivity contribution in [1.82, 2.24) is 9.97 Å². The topological polar surface area (TPSA) is 110 Å². The first-order valence-electron chi connectivity index (χ1n) is 10.1. The lowest BCUT2D eigenvalue weighted by atomic mass is 10.0. The zero-order valence-electron chi connectivity index (χ0n) is 18.0. The number of pyridine rings is 1. The minimum absolute atomic E-state index is 0.0509. The number of thiazole rings is 1. The second-order valence-electron chi connectivity index (χ2n) is 7.68. The minimum Gasteiger partial charge on any atom is -0.365 e. The molecular formula is C21H18F4N4O4S2. The first-order valence-corrected chi connectivity index (χ1v) is 12.5. The molecule has 8 nitrogen and oxygen atoms in total. The van der Waals surface area contributed by atoms with Crippen LogP contribution in [0.2, 0.25) is 0 Å². The van der Waals surface area contributed by atoms with Gasteiger partial charge in [0.05, 0.1) is 22.2 Å². The van der Waals surface area contributed by atoms with Gasteiger partial charge in [-0.1, -0.05) is 6.07 Å². The zero-order valence-corrected chi connectivity index (χ0v) is 19.6. The number of sulfonamides is 1. The summed E-state index contributed by atoms with van der Waals surface area (Å²) in [6.07, 6.45) is -2.88. The number of amides is 1. The number of carbonyl (C=O) groups is 1. The van der Waals surface area contributed by atoms with Crippen LogP contribution in [0.4, 0.5) is 28.4 Å². The van der Waals surface area contributed by atoms with E-state index in [1.165, 1.54) is 30.8 Å². The Balaban J connectivity index is 1.48. The summed E-state index contributed by atoms with van der Waals surface area (Å²) in [7, 11) is -2.30. The molecule has 1 aromatic carbocycles. The van der Waals surface area contributed by atoms with Crippen molar-refractivity contribution in [2.45, 2.75) is 30.4 Å². The average molecular weight is 531 g/mol. The van der Waals surface area contributed by atoms with Crippen molar-refractivity contribution in [3.63, 3.8) is 0 Å². The molecule has 2 heterocycles. The van der Waals surface area contributed by atoms with Gasteiger partial charge in [-0.2, -0.15) is 13.2 Å². The van der Waals surface area contributed by atoms with Gasteiger partial charge >= 0.3 is 6.18 Å². The summed E-state index contributed by atoms with van der Waals surface area (Å²) < 4.78 is 85.1. The summed E-state index contributed by atoms with van der Waals surface area (Å²) in [6, 6.07) is 4.36. The first-order chi connectivity index (χ1) is 16.5. The molecule has 0 radical (unpaired) electrons. The number of halogens is 4. The molecule has 2 N–H and O–H groups in total. The fourth-order valence-electron chi connectivity index (χ4n) is 3.15. The Hall–Kier alpha value is -3.10. The highest BCUT2D eigenvalue weighted by Gasteiger charge is 2.36. The van der Waals surface area contributed by atoms with E-state index in [2.05, 4.69) is 20.0 Å². The van der Waals surface area contributed by atoms with E-state index in [9.17, 15) is 30.8 Å². The second kappa shape index (κ2) is 9.51. The second-order valence-corrected chi connectivity index (χ2v) is 10.5. The molecule has 1 fully saturated rings. The number of hydrogen-bond acceptors (Lipinski definition) is 7. The zero-order chi connectivity index (χ0) is 25.4. The van der Waals surface area contributed by atoms with Crippen molar-refractivity contribution in [3.8, 4) is 11.1 Å². The van der Waals surface area contributed by atoms with Crippen molar-refractivity contribution in [1.29, 1.82) is 0 Å². The summed E-state index contributed by atoms with van der Waals surface area (Å²) in [5.74, 6) is -1.67. The third kappa shape index (κ3) is 5.77. The molecule has 4 rings (SSSR count). The number of methoxy groups -OCH3 is 1. The number of nitrogens with one attached hydrogen (secondary N) is 2. The molecule has 1 saturated carbocycles. The maximum absolute atomic E-state index is 14.7. The van der Waals surface area contributed by atoms with Crippen LogP contribution >= 0.6 is 11.3 Å². The summed E-state index contributed by atoms with van der Waals surface area (Å²) in [6.45, 7) is 0. The average Bonchev–Trinajstić information content (AvgIpc) is 3.57. The third-order valence-corrected chi connectivity index (χ3v) is 7.82. The molecule has 1 aliphatic rings. The van der Waals surface area contributed by atoms with Gasteiger partial charge in [0.1, 0.15) is 5.82 Å². The maximum Gasteiger partial charge on any atom is 0.417 e. The number of ether oxygens (including phenoxy) is 1. The summed E-state index contributed by atoms with van der Waals surface area (Å²) in [5, 5.41) is 3.42. The number of anilines is 2. The van der Waals surface area contributed by atoms with Crippen LogP contribution in [0.3, 0.4) is 0 Å². The highest BCUT2D eigenvalue weighted by molar-refractivity contribution is 7.93. The molecule has 1 aliphatic carbocycles. The van der Waals surface area contributed by atoms with E-state index in [-0.39, 0.29) is 27.6 Å². The Bertz CT molecular complexity index is 1360. The molecule has 1 amide bonds. The minimum atomic E-state index is -4.60. The molecule has 3 aromatic rings. The molecule has 186 valence electrons. The van der Waals surface area contributed by atoms with E-state index in [0.29, 0.717) is 19.0 Å². The van der Waals surface area contributed by atoms with Gasteiger partial charge in [-0.3, -0.25) is 14.5 Å². The van der Waals surface area contributed by atoms with Crippen molar-refractivity contribution >= 4 is 38.1 Å². The van der Waals surface area contributed by atoms with Crippen molar-refractivity contribution in [3.05, 3.63) is 59.1 Å². The van der Waals surface area contributed by atoms with Crippen molar-refractivity contribution in [2.75, 3.05) is 17.1 Å². The monoisotopic (exact) mass is 530 g/mol. The number of alkyl halides is 3. The highest BCUT2D eigenvalue weighted by atomic mass is 32.2. The van der Waals surface area contributed by atoms with Crippen LogP contribution in [0, 0.1) is 5.82 Å². The molecule has 0 aliphatic heterocycles. The van der Waals surface area contributed by atoms with Crippen LogP contribution in [-0.4, -0.2) is 36.7 Å². The van der Waals surface area contributed by atoms with Gasteiger partial charge in [0.15, 0.2) is 11.2 Å². The van der Waals surface area contributed by atoms with Crippen LogP contribution in [-0.2, 0) is 25.7 Å². The fraction of sp³-hybridized carbons (Fsp3) is 0.286. The molecule has 2 aromatic heterocycles. The van der Waals surface area contributed by atoms with Crippen LogP contribution in [0.25, 0.3) is 11.1 Å². The molecule has 14 heteroatoms. The number of nitrogens with zero attached hydrogens (tertiary/aromatic N) is 2. The first kappa shape index (κ1) is 25.0. The fourth-order valence-corrected chi connectivity index (χ4v) is 5.47. The number of benzene rings is 1. The van der Waals surface area contributed by atoms with Crippen molar-refractivity contribution < 1.29 is 35.5 Å². The Kier molecular flexibility index (Phi) is 6.79. The lowest BCUT2D eigenvalue weighted by molar-refractivity contribution is -0.137. The number of rotatable bonds is 8. The summed E-state index contributed by atoms with van der Waals surface area (Å²) in [4.78, 5) is 20.4. The lowest BCUT2D eigenvalue weighted by Gasteiger charge is -2.14. The Morgan fingerprint density at radius 1 is 1.20 bits per heavy atom. The standard InChI is InChI=1S/C21H18F4N4O4S2/c1-33-18(17-10-34-20(28-17)29-35(31,32)14-3-4-14)19(30)27-16-5-2-11(7-15(16)22)12-6-13(9-26-8-12)21(23,24)25/h2,5-10,14,18H,3-4H2,1H3,(H,27,30)(H,28,29). The van der Waals surface area contributed by atoms with Gasteiger partial charge in [-0.15, -0.1) is 11.3 Å². The predicted molar refractivity (Wildman–Crippen MR) is 121 cm³/mol. The van der Waals surface area contributed by atoms with E-state index < -0.39 is 44.8 Å². The number of carbonyl (C=O) groups excluding carboxylic acids is 1. The normalized spacial score (nSPS) is 15.0. The molecule has 35 heavy (non-hydrogen) atoms. The van der Waals surface area contributed by atoms with E-state index >= 15 is 0 Å². The van der Waals surface area contributed by atoms with Crippen LogP contribution in [0.5, 0.6) is 0 Å². The largest absolute Gasteiger partial charge is 0.417 e. The van der Waals surface area contributed by atoms with E-state index in [4.69, 9.17) is 4.74 Å². The summed E-state index contributed by atoms with van der Waals surface area (Å²) >= 11 is 0.973. The van der Waals surface area contributed by atoms with Crippen molar-refractivity contribution in [2.24, 2.45) is 0 Å². The van der Waals surface area contributed by atoms with Crippen LogP contribution in [0.15, 0.2) is 42.0 Å². The molecular weight excluding hydrogens is 512 g/mol. The Morgan fingerprint density at radius 2 is 1.94 bits per heavy atom. The molecule has 0 spiro atoms. The summed E-state index contributed by atoms with van der Waals surface area (Å²) in [5.41, 5.74) is -0.900. The Labute approximate surface area is 201 Å². The van der Waals surface area contributed by atoms with Gasteiger partial charge in [0.25, 0.3) is 5.91 Å². The van der Waals surface area contributed by atoms with Crippen LogP contribution in [0.1, 0.15) is 30.2 Å². The van der Waals surface area contributed by atoms with Crippen LogP contribution < -0.4 is 10.0 Å². The van der Waals surface area contributed by atoms with Gasteiger partial charge in [0, 0.05) is 30.4 Å². The molecule has 0 bridgehead atoms. The molecule has 0 saturated heterocycles. The lowest BCUT2D eigenvalue weighted by Crippen LogP contribution is -2.23. The number of aromatic nitrogens is 2. The number of hydrogen-bond donors (Lipinski definition) is 2. The van der Waals surface area contributed by atoms with Gasteiger partial charge in [-0.05, 0) is 36.6 Å². The van der Waals surface area contributed by atoms with Gasteiger partial charge < -0.3 is 10.1 Å². The van der Waals surface area contributed by atoms with E-state index in [1.807, 2.05) is 0 Å². The van der Waals surface area contributed by atoms with E-state index in [0.717, 1.165) is 23.5 Å². The molecule has 1 atom stereocenters. The van der Waals surface area contributed by atoms with Gasteiger partial charge in [0.2, 0.25) is 10.0 Å². The quantitative estimate of drug-likeness (QED) is 0.412. The SMILES string of the molecule is COC(C(=O)Nc1ccc(-c2cncc(C(F)(F)F)c2)cc1F)c1csc(NS(=O)(=O)C2CC2)n1. The van der Waals surface area contributed by atoms with Gasteiger partial charge in [-0.25, -0.2) is 17.8 Å². The third-order valence-electron chi connectivity index (χ3n) is 5.08. The van der Waals surface area contributed by atoms with E-state index in [1.54, 1.807) is 0 Å². The smallest absolute Gasteiger partial charge is 0.365 e. The molecule has 1 unspecified atom stereocenters. The Morgan fingerprint density at radius 3 is 2.57 bits per heavy atom.